The van der Waals surface area contributed by atoms with Crippen molar-refractivity contribution in [1.82, 2.24) is 5.43 Å². The molecule has 0 atom stereocenters. The molecule has 0 bridgehead atoms. The number of carbonyl (C=O) groups excluding carboxylic acids is 2. The average molecular weight is 361 g/mol. The number of para-hydroxylation sites is 1. The second-order valence-electron chi connectivity index (χ2n) is 5.93. The number of anilines is 1. The molecule has 0 aliphatic rings. The first kappa shape index (κ1) is 18.1. The third-order valence-corrected chi connectivity index (χ3v) is 3.97. The number of benzene rings is 3. The van der Waals surface area contributed by atoms with Crippen molar-refractivity contribution in [2.24, 2.45) is 5.10 Å². The number of nitrogens with zero attached hydrogens (tertiary/aromatic N) is 1. The van der Waals surface area contributed by atoms with Gasteiger partial charge in [-0.15, -0.1) is 0 Å². The molecule has 0 fully saturated rings. The van der Waals surface area contributed by atoms with Crippen LogP contribution in [0, 0.1) is 0 Å². The van der Waals surface area contributed by atoms with Crippen molar-refractivity contribution in [1.29, 1.82) is 0 Å². The predicted octanol–water partition coefficient (Wildman–Crippen LogP) is 3.41. The van der Waals surface area contributed by atoms with Crippen LogP contribution in [0.5, 0.6) is 5.75 Å². The number of rotatable bonds is 6. The maximum absolute atomic E-state index is 12.1. The number of fused-ring (bicyclic) bond motifs is 1. The molecule has 0 aliphatic heterocycles. The van der Waals surface area contributed by atoms with Crippen LogP contribution in [0.15, 0.2) is 71.8 Å². The van der Waals surface area contributed by atoms with Gasteiger partial charge in [0.2, 0.25) is 11.8 Å². The number of phenolic OH excluding ortho intramolecular Hbond substituents is 1. The Bertz CT molecular complexity index is 993. The number of hydrogen-bond donors (Lipinski definition) is 3. The Morgan fingerprint density at radius 1 is 0.889 bits per heavy atom. The number of carbonyl (C=O) groups is 2. The third kappa shape index (κ3) is 4.92. The van der Waals surface area contributed by atoms with E-state index < -0.39 is 0 Å². The fraction of sp³-hybridized carbons (Fsp3) is 0.0952. The van der Waals surface area contributed by atoms with Crippen molar-refractivity contribution in [3.8, 4) is 5.75 Å². The molecule has 0 saturated heterocycles. The zero-order valence-corrected chi connectivity index (χ0v) is 14.6. The Hall–Kier alpha value is -3.67. The van der Waals surface area contributed by atoms with Crippen molar-refractivity contribution in [3.63, 3.8) is 0 Å². The van der Waals surface area contributed by atoms with Gasteiger partial charge >= 0.3 is 0 Å². The zero-order chi connectivity index (χ0) is 19.1. The standard InChI is InChI=1S/C21H19N3O3/c25-19-11-4-2-7-16(19)14-22-24-21(27)13-12-20(26)23-18-10-5-8-15-6-1-3-9-17(15)18/h1-11,14,25H,12-13H2,(H,23,26)(H,24,27)/b22-14+. The van der Waals surface area contributed by atoms with Crippen LogP contribution < -0.4 is 10.7 Å². The Morgan fingerprint density at radius 3 is 2.44 bits per heavy atom. The molecule has 3 aromatic carbocycles. The summed E-state index contributed by atoms with van der Waals surface area (Å²) in [6, 6.07) is 20.1. The maximum Gasteiger partial charge on any atom is 0.240 e. The van der Waals surface area contributed by atoms with Crippen LogP contribution in [-0.2, 0) is 9.59 Å². The first-order valence-corrected chi connectivity index (χ1v) is 8.51. The van der Waals surface area contributed by atoms with Crippen LogP contribution in [0.25, 0.3) is 10.8 Å². The van der Waals surface area contributed by atoms with Crippen LogP contribution in [0.1, 0.15) is 18.4 Å². The Morgan fingerprint density at radius 2 is 1.59 bits per heavy atom. The molecule has 2 amide bonds. The minimum atomic E-state index is -0.380. The molecule has 136 valence electrons. The molecule has 0 unspecified atom stereocenters. The lowest BCUT2D eigenvalue weighted by Gasteiger charge is -2.08. The second-order valence-corrected chi connectivity index (χ2v) is 5.93. The molecule has 0 spiro atoms. The van der Waals surface area contributed by atoms with E-state index in [1.807, 2.05) is 42.5 Å². The zero-order valence-electron chi connectivity index (χ0n) is 14.6. The van der Waals surface area contributed by atoms with Gasteiger partial charge in [0, 0.05) is 29.5 Å². The molecule has 0 aliphatic carbocycles. The van der Waals surface area contributed by atoms with Gasteiger partial charge < -0.3 is 10.4 Å². The largest absolute Gasteiger partial charge is 0.507 e. The summed E-state index contributed by atoms with van der Waals surface area (Å²) in [5.74, 6) is -0.550. The van der Waals surface area contributed by atoms with Crippen molar-refractivity contribution < 1.29 is 14.7 Å². The lowest BCUT2D eigenvalue weighted by molar-refractivity contribution is -0.124. The topological polar surface area (TPSA) is 90.8 Å². The molecule has 6 nitrogen and oxygen atoms in total. The van der Waals surface area contributed by atoms with Crippen molar-refractivity contribution in [2.45, 2.75) is 12.8 Å². The summed E-state index contributed by atoms with van der Waals surface area (Å²) in [4.78, 5) is 24.0. The van der Waals surface area contributed by atoms with Crippen molar-refractivity contribution in [3.05, 3.63) is 72.3 Å². The first-order chi connectivity index (χ1) is 13.1. The molecule has 3 rings (SSSR count). The van der Waals surface area contributed by atoms with E-state index in [0.29, 0.717) is 5.56 Å². The third-order valence-electron chi connectivity index (χ3n) is 3.97. The van der Waals surface area contributed by atoms with Gasteiger partial charge in [-0.3, -0.25) is 9.59 Å². The van der Waals surface area contributed by atoms with Crippen LogP contribution in [0.4, 0.5) is 5.69 Å². The van der Waals surface area contributed by atoms with Gasteiger partial charge in [-0.05, 0) is 23.6 Å². The summed E-state index contributed by atoms with van der Waals surface area (Å²) in [6.07, 6.45) is 1.40. The highest BCUT2D eigenvalue weighted by Gasteiger charge is 2.08. The van der Waals surface area contributed by atoms with Crippen molar-refractivity contribution in [2.75, 3.05) is 5.32 Å². The van der Waals surface area contributed by atoms with Crippen LogP contribution in [0.2, 0.25) is 0 Å². The summed E-state index contributed by atoms with van der Waals surface area (Å²) in [6.45, 7) is 0. The van der Waals surface area contributed by atoms with Gasteiger partial charge in [-0.2, -0.15) is 5.10 Å². The van der Waals surface area contributed by atoms with E-state index in [1.165, 1.54) is 12.3 Å². The summed E-state index contributed by atoms with van der Waals surface area (Å²) in [7, 11) is 0. The number of hydrazone groups is 1. The molecule has 0 saturated carbocycles. The Balaban J connectivity index is 1.50. The van der Waals surface area contributed by atoms with Crippen LogP contribution >= 0.6 is 0 Å². The summed E-state index contributed by atoms with van der Waals surface area (Å²) >= 11 is 0. The van der Waals surface area contributed by atoms with Crippen molar-refractivity contribution >= 4 is 34.5 Å². The van der Waals surface area contributed by atoms with Crippen LogP contribution in [-0.4, -0.2) is 23.1 Å². The predicted molar refractivity (Wildman–Crippen MR) is 106 cm³/mol. The lowest BCUT2D eigenvalue weighted by Crippen LogP contribution is -2.20. The first-order valence-electron chi connectivity index (χ1n) is 8.51. The number of amides is 2. The molecular formula is C21H19N3O3. The number of hydrogen-bond acceptors (Lipinski definition) is 4. The van der Waals surface area contributed by atoms with Gasteiger partial charge in [-0.25, -0.2) is 5.43 Å². The van der Waals surface area contributed by atoms with E-state index >= 15 is 0 Å². The summed E-state index contributed by atoms with van der Waals surface area (Å²) < 4.78 is 0. The molecule has 3 aromatic rings. The van der Waals surface area contributed by atoms with E-state index in [2.05, 4.69) is 15.8 Å². The lowest BCUT2D eigenvalue weighted by atomic mass is 10.1. The highest BCUT2D eigenvalue weighted by molar-refractivity contribution is 6.02. The summed E-state index contributed by atoms with van der Waals surface area (Å²) in [5.41, 5.74) is 3.56. The highest BCUT2D eigenvalue weighted by atomic mass is 16.3. The van der Waals surface area contributed by atoms with E-state index in [4.69, 9.17) is 0 Å². The van der Waals surface area contributed by atoms with Gasteiger partial charge in [0.05, 0.1) is 6.21 Å². The van der Waals surface area contributed by atoms with E-state index in [0.717, 1.165) is 16.5 Å². The summed E-state index contributed by atoms with van der Waals surface area (Å²) in [5, 5.41) is 18.2. The fourth-order valence-electron chi connectivity index (χ4n) is 2.60. The second kappa shape index (κ2) is 8.62. The van der Waals surface area contributed by atoms with E-state index in [1.54, 1.807) is 18.2 Å². The SMILES string of the molecule is O=C(CCC(=O)Nc1cccc2ccccc12)N/N=C/c1ccccc1O. The Labute approximate surface area is 156 Å². The molecule has 0 radical (unpaired) electrons. The number of aromatic hydroxyl groups is 1. The van der Waals surface area contributed by atoms with E-state index in [9.17, 15) is 14.7 Å². The van der Waals surface area contributed by atoms with Crippen LogP contribution in [0.3, 0.4) is 0 Å². The van der Waals surface area contributed by atoms with Gasteiger partial charge in [0.1, 0.15) is 5.75 Å². The van der Waals surface area contributed by atoms with Gasteiger partial charge in [0.25, 0.3) is 0 Å². The number of phenols is 1. The molecular weight excluding hydrogens is 342 g/mol. The molecule has 27 heavy (non-hydrogen) atoms. The molecule has 0 heterocycles. The molecule has 6 heteroatoms. The minimum Gasteiger partial charge on any atom is -0.507 e. The normalized spacial score (nSPS) is 10.8. The van der Waals surface area contributed by atoms with Gasteiger partial charge in [0.15, 0.2) is 0 Å². The quantitative estimate of drug-likeness (QED) is 0.464. The fourth-order valence-corrected chi connectivity index (χ4v) is 2.60. The number of nitrogens with one attached hydrogen (secondary N) is 2. The average Bonchev–Trinajstić information content (AvgIpc) is 2.68. The molecule has 3 N–H and O–H groups in total. The smallest absolute Gasteiger partial charge is 0.240 e. The van der Waals surface area contributed by atoms with E-state index in [-0.39, 0.29) is 30.4 Å². The molecule has 0 aromatic heterocycles. The van der Waals surface area contributed by atoms with Gasteiger partial charge in [-0.1, -0.05) is 48.5 Å². The highest BCUT2D eigenvalue weighted by Crippen LogP contribution is 2.23. The Kier molecular flexibility index (Phi) is 5.79. The minimum absolute atomic E-state index is 0.00864. The maximum atomic E-state index is 12.1. The monoisotopic (exact) mass is 361 g/mol.